The molecule has 2 aromatic carbocycles. The third-order valence-electron chi connectivity index (χ3n) is 4.83. The van der Waals surface area contributed by atoms with Gasteiger partial charge < -0.3 is 23.8 Å². The molecule has 0 spiro atoms. The predicted molar refractivity (Wildman–Crippen MR) is 123 cm³/mol. The van der Waals surface area contributed by atoms with E-state index in [4.69, 9.17) is 18.9 Å². The van der Waals surface area contributed by atoms with Gasteiger partial charge in [-0.15, -0.1) is 0 Å². The Bertz CT molecular complexity index is 1060. The summed E-state index contributed by atoms with van der Waals surface area (Å²) in [6, 6.07) is 15.9. The highest BCUT2D eigenvalue weighted by atomic mass is 19.1. The van der Waals surface area contributed by atoms with Crippen LogP contribution in [-0.4, -0.2) is 38.4 Å². The van der Waals surface area contributed by atoms with Crippen LogP contribution in [0.5, 0.6) is 28.9 Å². The monoisotopic (exact) mass is 454 g/mol. The molecule has 7 nitrogen and oxygen atoms in total. The van der Waals surface area contributed by atoms with Gasteiger partial charge in [-0.3, -0.25) is 9.18 Å². The summed E-state index contributed by atoms with van der Waals surface area (Å²) in [7, 11) is 3.15. The van der Waals surface area contributed by atoms with E-state index in [1.165, 1.54) is 6.92 Å². The minimum atomic E-state index is -0.465. The quantitative estimate of drug-likeness (QED) is 0.372. The summed E-state index contributed by atoms with van der Waals surface area (Å²) in [5, 5.41) is 0. The van der Waals surface area contributed by atoms with Crippen molar-refractivity contribution in [2.45, 2.75) is 19.9 Å². The number of pyridine rings is 1. The van der Waals surface area contributed by atoms with Crippen molar-refractivity contribution in [3.05, 3.63) is 66.4 Å². The number of aromatic nitrogens is 1. The van der Waals surface area contributed by atoms with Crippen LogP contribution in [0.1, 0.15) is 18.9 Å². The molecular weight excluding hydrogens is 427 g/mol. The number of hydrogen-bond donors (Lipinski definition) is 0. The minimum absolute atomic E-state index is 0.183. The van der Waals surface area contributed by atoms with Gasteiger partial charge in [0.25, 0.3) is 0 Å². The molecule has 33 heavy (non-hydrogen) atoms. The molecule has 0 saturated carbocycles. The Hall–Kier alpha value is -3.81. The van der Waals surface area contributed by atoms with Crippen molar-refractivity contribution in [2.75, 3.05) is 32.4 Å². The van der Waals surface area contributed by atoms with Crippen LogP contribution in [-0.2, 0) is 11.3 Å². The van der Waals surface area contributed by atoms with Gasteiger partial charge >= 0.3 is 0 Å². The molecule has 174 valence electrons. The lowest BCUT2D eigenvalue weighted by molar-refractivity contribution is -0.116. The Kier molecular flexibility index (Phi) is 8.46. The first-order valence-corrected chi connectivity index (χ1v) is 10.5. The number of alkyl halides is 1. The molecule has 0 aliphatic heterocycles. The molecule has 0 unspecified atom stereocenters. The van der Waals surface area contributed by atoms with Crippen LogP contribution in [0, 0.1) is 0 Å². The first-order chi connectivity index (χ1) is 16.0. The summed E-state index contributed by atoms with van der Waals surface area (Å²) in [4.78, 5) is 18.5. The van der Waals surface area contributed by atoms with Gasteiger partial charge in [-0.25, -0.2) is 4.98 Å². The van der Waals surface area contributed by atoms with Gasteiger partial charge in [-0.1, -0.05) is 0 Å². The summed E-state index contributed by atoms with van der Waals surface area (Å²) in [6.07, 6.45) is 1.88. The average Bonchev–Trinajstić information content (AvgIpc) is 2.84. The van der Waals surface area contributed by atoms with Crippen molar-refractivity contribution < 1.29 is 28.1 Å². The van der Waals surface area contributed by atoms with Crippen molar-refractivity contribution in [1.29, 1.82) is 0 Å². The molecule has 0 atom stereocenters. The molecule has 0 N–H and O–H groups in total. The predicted octanol–water partition coefficient (Wildman–Crippen LogP) is 5.18. The van der Waals surface area contributed by atoms with E-state index in [0.717, 1.165) is 0 Å². The Labute approximate surface area is 192 Å². The van der Waals surface area contributed by atoms with Gasteiger partial charge in [0.1, 0.15) is 28.7 Å². The summed E-state index contributed by atoms with van der Waals surface area (Å²) in [6.45, 7) is 1.41. The highest BCUT2D eigenvalue weighted by Gasteiger charge is 2.20. The van der Waals surface area contributed by atoms with Crippen LogP contribution >= 0.6 is 0 Å². The first kappa shape index (κ1) is 23.8. The fraction of sp³-hybridized carbons (Fsp3) is 0.280. The first-order valence-electron chi connectivity index (χ1n) is 10.5. The number of rotatable bonds is 11. The van der Waals surface area contributed by atoms with E-state index in [1.54, 1.807) is 79.9 Å². The molecule has 1 aromatic heterocycles. The van der Waals surface area contributed by atoms with E-state index in [-0.39, 0.29) is 31.4 Å². The fourth-order valence-corrected chi connectivity index (χ4v) is 3.14. The normalized spacial score (nSPS) is 10.4. The maximum absolute atomic E-state index is 12.7. The number of benzene rings is 2. The van der Waals surface area contributed by atoms with Crippen molar-refractivity contribution in [3.8, 4) is 28.9 Å². The van der Waals surface area contributed by atoms with E-state index >= 15 is 0 Å². The van der Waals surface area contributed by atoms with Crippen molar-refractivity contribution in [3.63, 3.8) is 0 Å². The maximum Gasteiger partial charge on any atom is 0.243 e. The second-order valence-electron chi connectivity index (χ2n) is 7.08. The summed E-state index contributed by atoms with van der Waals surface area (Å²) >= 11 is 0. The van der Waals surface area contributed by atoms with E-state index in [2.05, 4.69) is 4.98 Å². The minimum Gasteiger partial charge on any atom is -0.497 e. The molecule has 3 rings (SSSR count). The van der Waals surface area contributed by atoms with Crippen molar-refractivity contribution in [1.82, 2.24) is 4.98 Å². The van der Waals surface area contributed by atoms with Crippen LogP contribution in [0.2, 0.25) is 0 Å². The number of hydrogen-bond acceptors (Lipinski definition) is 6. The van der Waals surface area contributed by atoms with Gasteiger partial charge in [0, 0.05) is 25.1 Å². The van der Waals surface area contributed by atoms with Gasteiger partial charge in [-0.05, 0) is 54.6 Å². The largest absolute Gasteiger partial charge is 0.497 e. The van der Waals surface area contributed by atoms with Gasteiger partial charge in [0.15, 0.2) is 0 Å². The zero-order valence-corrected chi connectivity index (χ0v) is 18.9. The Balaban J connectivity index is 1.91. The topological polar surface area (TPSA) is 70.1 Å². The second kappa shape index (κ2) is 11.7. The molecule has 3 aromatic rings. The van der Waals surface area contributed by atoms with Crippen LogP contribution in [0.15, 0.2) is 60.8 Å². The van der Waals surface area contributed by atoms with Crippen LogP contribution in [0.3, 0.4) is 0 Å². The zero-order chi connectivity index (χ0) is 23.6. The van der Waals surface area contributed by atoms with Crippen LogP contribution in [0.25, 0.3) is 0 Å². The third kappa shape index (κ3) is 6.35. The molecule has 1 heterocycles. The third-order valence-corrected chi connectivity index (χ3v) is 4.83. The van der Waals surface area contributed by atoms with Crippen LogP contribution < -0.4 is 23.8 Å². The average molecular weight is 454 g/mol. The Morgan fingerprint density at radius 1 is 1.00 bits per heavy atom. The zero-order valence-electron chi connectivity index (χ0n) is 18.9. The maximum atomic E-state index is 12.7. The highest BCUT2D eigenvalue weighted by molar-refractivity contribution is 5.92. The Morgan fingerprint density at radius 3 is 2.36 bits per heavy atom. The molecule has 0 aliphatic rings. The van der Waals surface area contributed by atoms with E-state index in [1.807, 2.05) is 0 Å². The lowest BCUT2D eigenvalue weighted by atomic mass is 10.1. The SMILES string of the molecule is COc1ccc(Oc2ncccc2N(Cc2cc(OC)ccc2OCCCF)C(C)=O)cc1. The highest BCUT2D eigenvalue weighted by Crippen LogP contribution is 2.34. The number of anilines is 1. The molecule has 0 aliphatic carbocycles. The van der Waals surface area contributed by atoms with Gasteiger partial charge in [0.2, 0.25) is 11.8 Å². The van der Waals surface area contributed by atoms with E-state index < -0.39 is 6.67 Å². The lowest BCUT2D eigenvalue weighted by Gasteiger charge is -2.24. The lowest BCUT2D eigenvalue weighted by Crippen LogP contribution is -2.28. The fourth-order valence-electron chi connectivity index (χ4n) is 3.14. The van der Waals surface area contributed by atoms with Crippen molar-refractivity contribution >= 4 is 11.6 Å². The number of amides is 1. The number of carbonyl (C=O) groups excluding carboxylic acids is 1. The van der Waals surface area contributed by atoms with Crippen LogP contribution in [0.4, 0.5) is 10.1 Å². The standard InChI is InChI=1S/C25H27FN2O5/c1-18(29)28(17-19-16-22(31-3)11-12-24(19)32-15-5-13-26)23-6-4-14-27-25(23)33-21-9-7-20(30-2)8-10-21/h4,6-12,14,16H,5,13,15,17H2,1-3H3. The number of ether oxygens (including phenoxy) is 4. The number of methoxy groups -OCH3 is 2. The number of halogens is 1. The molecule has 0 saturated heterocycles. The second-order valence-corrected chi connectivity index (χ2v) is 7.08. The van der Waals surface area contributed by atoms with Crippen molar-refractivity contribution in [2.24, 2.45) is 0 Å². The number of carbonyl (C=O) groups is 1. The van der Waals surface area contributed by atoms with E-state index in [0.29, 0.717) is 34.2 Å². The molecule has 0 fully saturated rings. The molecule has 1 amide bonds. The molecule has 0 radical (unpaired) electrons. The molecule has 0 bridgehead atoms. The van der Waals surface area contributed by atoms with E-state index in [9.17, 15) is 9.18 Å². The molecular formula is C25H27FN2O5. The molecule has 8 heteroatoms. The smallest absolute Gasteiger partial charge is 0.243 e. The summed E-state index contributed by atoms with van der Waals surface area (Å²) < 4.78 is 34.8. The summed E-state index contributed by atoms with van der Waals surface area (Å²) in [5.41, 5.74) is 1.21. The summed E-state index contributed by atoms with van der Waals surface area (Å²) in [5.74, 6) is 2.49. The number of nitrogens with zero attached hydrogens (tertiary/aromatic N) is 2. The van der Waals surface area contributed by atoms with Gasteiger partial charge in [-0.2, -0.15) is 0 Å². The Morgan fingerprint density at radius 2 is 1.70 bits per heavy atom. The van der Waals surface area contributed by atoms with Gasteiger partial charge in [0.05, 0.1) is 34.0 Å².